The summed E-state index contributed by atoms with van der Waals surface area (Å²) in [5.41, 5.74) is 0. The van der Waals surface area contributed by atoms with E-state index in [1.54, 1.807) is 0 Å². The molecule has 0 aliphatic heterocycles. The average molecular weight is 209 g/mol. The van der Waals surface area contributed by atoms with Gasteiger partial charge in [-0.2, -0.15) is 0 Å². The molecule has 0 fully saturated rings. The normalized spacial score (nSPS) is 13.1. The van der Waals surface area contributed by atoms with Crippen LogP contribution in [0.1, 0.15) is 46.6 Å². The highest BCUT2D eigenvalue weighted by molar-refractivity contribution is 5.26. The molecule has 1 N–H and O–H groups in total. The van der Waals surface area contributed by atoms with Crippen LogP contribution in [0.2, 0.25) is 0 Å². The molecule has 0 aromatic carbocycles. The Morgan fingerprint density at radius 1 is 1.40 bits per heavy atom. The summed E-state index contributed by atoms with van der Waals surface area (Å²) in [5, 5.41) is 3.35. The number of aromatic nitrogens is 2. The van der Waals surface area contributed by atoms with Gasteiger partial charge in [0.1, 0.15) is 0 Å². The van der Waals surface area contributed by atoms with Crippen molar-refractivity contribution in [2.24, 2.45) is 5.92 Å². The molecule has 0 spiro atoms. The lowest BCUT2D eigenvalue weighted by atomic mass is 10.1. The van der Waals surface area contributed by atoms with E-state index in [0.29, 0.717) is 6.04 Å². The van der Waals surface area contributed by atoms with Crippen LogP contribution in [0.5, 0.6) is 0 Å². The van der Waals surface area contributed by atoms with Crippen molar-refractivity contribution < 1.29 is 0 Å². The van der Waals surface area contributed by atoms with Crippen LogP contribution in [-0.2, 0) is 0 Å². The molecule has 15 heavy (non-hydrogen) atoms. The van der Waals surface area contributed by atoms with Gasteiger partial charge in [0.15, 0.2) is 0 Å². The molecular formula is C12H23N3. The van der Waals surface area contributed by atoms with Crippen LogP contribution >= 0.6 is 0 Å². The van der Waals surface area contributed by atoms with Crippen molar-refractivity contribution in [3.05, 3.63) is 12.4 Å². The first-order valence-corrected chi connectivity index (χ1v) is 5.91. The predicted molar refractivity (Wildman–Crippen MR) is 65.2 cm³/mol. The molecule has 1 atom stereocenters. The van der Waals surface area contributed by atoms with Gasteiger partial charge in [0, 0.05) is 25.0 Å². The Bertz CT molecular complexity index is 278. The third-order valence-electron chi connectivity index (χ3n) is 2.49. The third kappa shape index (κ3) is 3.57. The molecule has 3 nitrogen and oxygen atoms in total. The Hall–Kier alpha value is -0.990. The molecule has 0 bridgehead atoms. The molecule has 1 rings (SSSR count). The largest absolute Gasteiger partial charge is 0.356 e. The molecule has 0 saturated heterocycles. The van der Waals surface area contributed by atoms with E-state index in [1.807, 2.05) is 6.20 Å². The molecule has 3 heteroatoms. The van der Waals surface area contributed by atoms with Gasteiger partial charge >= 0.3 is 0 Å². The summed E-state index contributed by atoms with van der Waals surface area (Å²) in [6.07, 6.45) is 6.25. The van der Waals surface area contributed by atoms with E-state index in [-0.39, 0.29) is 0 Å². The van der Waals surface area contributed by atoms with E-state index in [2.05, 4.69) is 48.8 Å². The van der Waals surface area contributed by atoms with Crippen LogP contribution in [0, 0.1) is 5.92 Å². The fourth-order valence-corrected chi connectivity index (χ4v) is 1.84. The first kappa shape index (κ1) is 12.1. The van der Waals surface area contributed by atoms with Crippen LogP contribution < -0.4 is 5.32 Å². The number of imidazole rings is 1. The van der Waals surface area contributed by atoms with Crippen LogP contribution in [0.3, 0.4) is 0 Å². The lowest BCUT2D eigenvalue weighted by Gasteiger charge is -2.18. The van der Waals surface area contributed by atoms with Gasteiger partial charge in [0.05, 0.1) is 0 Å². The first-order chi connectivity index (χ1) is 7.15. The molecular weight excluding hydrogens is 186 g/mol. The predicted octanol–water partition coefficient (Wildman–Crippen LogP) is 3.31. The van der Waals surface area contributed by atoms with Crippen molar-refractivity contribution in [2.45, 2.75) is 46.6 Å². The number of nitrogens with one attached hydrogen (secondary N) is 1. The van der Waals surface area contributed by atoms with Crippen molar-refractivity contribution in [2.75, 3.05) is 11.9 Å². The maximum Gasteiger partial charge on any atom is 0.203 e. The highest BCUT2D eigenvalue weighted by Gasteiger charge is 2.10. The van der Waals surface area contributed by atoms with Crippen LogP contribution in [-0.4, -0.2) is 16.1 Å². The lowest BCUT2D eigenvalue weighted by Crippen LogP contribution is -2.12. The highest BCUT2D eigenvalue weighted by atomic mass is 15.2. The fraction of sp³-hybridized carbons (Fsp3) is 0.750. The zero-order valence-electron chi connectivity index (χ0n) is 10.3. The Balaban J connectivity index is 2.62. The van der Waals surface area contributed by atoms with Gasteiger partial charge in [-0.3, -0.25) is 0 Å². The second-order valence-corrected chi connectivity index (χ2v) is 4.56. The first-order valence-electron chi connectivity index (χ1n) is 5.91. The van der Waals surface area contributed by atoms with Crippen LogP contribution in [0.4, 0.5) is 5.95 Å². The maximum absolute atomic E-state index is 4.33. The van der Waals surface area contributed by atoms with Gasteiger partial charge in [-0.05, 0) is 25.7 Å². The summed E-state index contributed by atoms with van der Waals surface area (Å²) in [7, 11) is 0. The molecule has 1 unspecified atom stereocenters. The minimum absolute atomic E-state index is 0.520. The van der Waals surface area contributed by atoms with E-state index >= 15 is 0 Å². The van der Waals surface area contributed by atoms with Crippen molar-refractivity contribution in [3.63, 3.8) is 0 Å². The number of hydrogen-bond acceptors (Lipinski definition) is 2. The molecule has 0 aliphatic carbocycles. The topological polar surface area (TPSA) is 29.9 Å². The SMILES string of the molecule is CCCNc1nccn1C(C)CC(C)C. The zero-order valence-corrected chi connectivity index (χ0v) is 10.3. The fourth-order valence-electron chi connectivity index (χ4n) is 1.84. The quantitative estimate of drug-likeness (QED) is 0.779. The summed E-state index contributed by atoms with van der Waals surface area (Å²) in [6.45, 7) is 9.92. The minimum atomic E-state index is 0.520. The summed E-state index contributed by atoms with van der Waals surface area (Å²) in [4.78, 5) is 4.33. The number of anilines is 1. The molecule has 1 heterocycles. The van der Waals surface area contributed by atoms with Crippen molar-refractivity contribution in [3.8, 4) is 0 Å². The van der Waals surface area contributed by atoms with E-state index in [0.717, 1.165) is 24.8 Å². The van der Waals surface area contributed by atoms with E-state index in [9.17, 15) is 0 Å². The standard InChI is InChI=1S/C12H23N3/c1-5-6-13-12-14-7-8-15(12)11(4)9-10(2)3/h7-8,10-11H,5-6,9H2,1-4H3,(H,13,14). The van der Waals surface area contributed by atoms with E-state index in [4.69, 9.17) is 0 Å². The van der Waals surface area contributed by atoms with E-state index in [1.165, 1.54) is 6.42 Å². The summed E-state index contributed by atoms with van der Waals surface area (Å²) in [6, 6.07) is 0.520. The van der Waals surface area contributed by atoms with Gasteiger partial charge in [-0.1, -0.05) is 20.8 Å². The Morgan fingerprint density at radius 2 is 2.13 bits per heavy atom. The van der Waals surface area contributed by atoms with E-state index < -0.39 is 0 Å². The third-order valence-corrected chi connectivity index (χ3v) is 2.49. The summed E-state index contributed by atoms with van der Waals surface area (Å²) >= 11 is 0. The molecule has 0 radical (unpaired) electrons. The Labute approximate surface area is 92.9 Å². The minimum Gasteiger partial charge on any atom is -0.356 e. The molecule has 1 aromatic heterocycles. The van der Waals surface area contributed by atoms with Crippen molar-refractivity contribution in [1.82, 2.24) is 9.55 Å². The smallest absolute Gasteiger partial charge is 0.203 e. The second-order valence-electron chi connectivity index (χ2n) is 4.56. The zero-order chi connectivity index (χ0) is 11.3. The van der Waals surface area contributed by atoms with Gasteiger partial charge in [0.2, 0.25) is 5.95 Å². The number of hydrogen-bond donors (Lipinski definition) is 1. The number of rotatable bonds is 6. The molecule has 0 saturated carbocycles. The van der Waals surface area contributed by atoms with Gasteiger partial charge in [0.25, 0.3) is 0 Å². The number of nitrogens with zero attached hydrogens (tertiary/aromatic N) is 2. The molecule has 86 valence electrons. The molecule has 0 aliphatic rings. The van der Waals surface area contributed by atoms with Gasteiger partial charge < -0.3 is 9.88 Å². The Kier molecular flexibility index (Phi) is 4.66. The summed E-state index contributed by atoms with van der Waals surface area (Å²) in [5.74, 6) is 1.73. The monoisotopic (exact) mass is 209 g/mol. The summed E-state index contributed by atoms with van der Waals surface area (Å²) < 4.78 is 2.23. The lowest BCUT2D eigenvalue weighted by molar-refractivity contribution is 0.430. The average Bonchev–Trinajstić information content (AvgIpc) is 2.61. The van der Waals surface area contributed by atoms with Crippen LogP contribution in [0.15, 0.2) is 12.4 Å². The molecule has 0 amide bonds. The van der Waals surface area contributed by atoms with Crippen LogP contribution in [0.25, 0.3) is 0 Å². The van der Waals surface area contributed by atoms with Gasteiger partial charge in [-0.25, -0.2) is 4.98 Å². The van der Waals surface area contributed by atoms with Crippen molar-refractivity contribution in [1.29, 1.82) is 0 Å². The maximum atomic E-state index is 4.33. The molecule has 1 aromatic rings. The van der Waals surface area contributed by atoms with Gasteiger partial charge in [-0.15, -0.1) is 0 Å². The highest BCUT2D eigenvalue weighted by Crippen LogP contribution is 2.20. The van der Waals surface area contributed by atoms with Crippen molar-refractivity contribution >= 4 is 5.95 Å². The Morgan fingerprint density at radius 3 is 2.73 bits per heavy atom. The second kappa shape index (κ2) is 5.79.